The van der Waals surface area contributed by atoms with E-state index >= 15 is 0 Å². The smallest absolute Gasteiger partial charge is 0.196 e. The summed E-state index contributed by atoms with van der Waals surface area (Å²) >= 11 is 0. The molecule has 0 radical (unpaired) electrons. The average molecular weight is 981 g/mol. The molecule has 354 valence electrons. The van der Waals surface area contributed by atoms with Gasteiger partial charge in [-0.2, -0.15) is 15.8 Å². The lowest BCUT2D eigenvalue weighted by Gasteiger charge is -2.21. The molecule has 0 spiro atoms. The van der Waals surface area contributed by atoms with Crippen LogP contribution in [0.1, 0.15) is 16.7 Å². The van der Waals surface area contributed by atoms with Crippen molar-refractivity contribution in [3.63, 3.8) is 0 Å². The minimum atomic E-state index is 0.325. The molecule has 3 aromatic heterocycles. The van der Waals surface area contributed by atoms with Crippen LogP contribution < -0.4 is 0 Å². The predicted molar refractivity (Wildman–Crippen MR) is 302 cm³/mol. The highest BCUT2D eigenvalue weighted by atomic mass is 15.0. The van der Waals surface area contributed by atoms with Crippen molar-refractivity contribution in [1.82, 2.24) is 24.5 Å². The summed E-state index contributed by atoms with van der Waals surface area (Å²) in [4.78, 5) is 28.6. The molecule has 0 unspecified atom stereocenters. The highest BCUT2D eigenvalue weighted by Crippen LogP contribution is 2.46. The normalized spacial score (nSPS) is 10.8. The summed E-state index contributed by atoms with van der Waals surface area (Å²) in [6.07, 6.45) is 0. The minimum Gasteiger partial charge on any atom is -0.308 e. The molecule has 9 aromatic carbocycles. The van der Waals surface area contributed by atoms with Crippen LogP contribution in [0.15, 0.2) is 218 Å². The van der Waals surface area contributed by atoms with Gasteiger partial charge in [-0.1, -0.05) is 164 Å². The van der Waals surface area contributed by atoms with Crippen LogP contribution >= 0.6 is 0 Å². The summed E-state index contributed by atoms with van der Waals surface area (Å²) in [5.74, 6) is 0.950. The van der Waals surface area contributed by atoms with E-state index in [0.717, 1.165) is 55.2 Å². The zero-order valence-electron chi connectivity index (χ0n) is 40.8. The van der Waals surface area contributed by atoms with Gasteiger partial charge in [0.15, 0.2) is 23.0 Å². The SMILES string of the molecule is [C-]#[N+]c1ccc(-c2ccc3c4ccc(-c5ccc(C#N)cc5[N+]#[C-])cc4n(-c4c(-c5cc(-c6ccccc6)nc(-c6ccccc6)n5)cc(C#N)cc4-c4cc(-c5ccccc5)nc(-c5ccccc5)n4)c3c2)c(C#N)c1. The van der Waals surface area contributed by atoms with Gasteiger partial charge in [-0.15, -0.1) is 0 Å². The summed E-state index contributed by atoms with van der Waals surface area (Å²) in [5.41, 5.74) is 13.5. The Hall–Kier alpha value is -11.6. The van der Waals surface area contributed by atoms with Crippen molar-refractivity contribution in [1.29, 1.82) is 15.8 Å². The van der Waals surface area contributed by atoms with Crippen LogP contribution in [0, 0.1) is 47.1 Å². The number of hydrogen-bond acceptors (Lipinski definition) is 7. The van der Waals surface area contributed by atoms with E-state index in [-0.39, 0.29) is 0 Å². The molecule has 0 aliphatic carbocycles. The molecular formula is C67H36N10. The van der Waals surface area contributed by atoms with Gasteiger partial charge in [0.25, 0.3) is 0 Å². The molecule has 0 atom stereocenters. The number of benzene rings is 9. The van der Waals surface area contributed by atoms with Crippen LogP contribution in [0.4, 0.5) is 11.4 Å². The van der Waals surface area contributed by atoms with E-state index in [4.69, 9.17) is 33.1 Å². The Kier molecular flexibility index (Phi) is 11.9. The van der Waals surface area contributed by atoms with Crippen LogP contribution in [0.5, 0.6) is 0 Å². The number of fused-ring (bicyclic) bond motifs is 3. The van der Waals surface area contributed by atoms with Gasteiger partial charge in [-0.3, -0.25) is 0 Å². The third kappa shape index (κ3) is 8.63. The standard InChI is InChI=1S/C67H36N10/c1-71-51-26-30-52(50(34-51)41-70)48-24-28-54-55-29-25-49(53-27-23-42(39-68)33-60(53)72-2)36-64(55)77(63(54)35-48)65-56(61-37-58(44-15-7-3-8-16-44)73-66(75-61)46-19-11-5-12-20-46)31-43(40-69)32-57(65)62-38-59(45-17-9-4-10-18-45)74-67(76-62)47-21-13-6-14-22-47/h3-38H. The number of hydrogen-bond donors (Lipinski definition) is 0. The maximum Gasteiger partial charge on any atom is 0.196 e. The Morgan fingerprint density at radius 2 is 0.831 bits per heavy atom. The van der Waals surface area contributed by atoms with E-state index in [0.29, 0.717) is 90.4 Å². The first-order chi connectivity index (χ1) is 37.9. The van der Waals surface area contributed by atoms with Crippen LogP contribution in [0.3, 0.4) is 0 Å². The van der Waals surface area contributed by atoms with Gasteiger partial charge in [0.05, 0.1) is 76.4 Å². The zero-order valence-corrected chi connectivity index (χ0v) is 40.8. The van der Waals surface area contributed by atoms with Crippen LogP contribution in [-0.2, 0) is 0 Å². The Balaban J connectivity index is 1.27. The monoisotopic (exact) mass is 980 g/mol. The van der Waals surface area contributed by atoms with Crippen molar-refractivity contribution in [3.05, 3.63) is 258 Å². The summed E-state index contributed by atoms with van der Waals surface area (Å²) in [7, 11) is 0. The van der Waals surface area contributed by atoms with Crippen molar-refractivity contribution >= 4 is 33.2 Å². The number of rotatable bonds is 9. The summed E-state index contributed by atoms with van der Waals surface area (Å²) < 4.78 is 2.17. The first kappa shape index (κ1) is 46.5. The molecular weight excluding hydrogens is 945 g/mol. The maximum absolute atomic E-state index is 11.2. The van der Waals surface area contributed by atoms with Gasteiger partial charge in [-0.25, -0.2) is 29.6 Å². The molecule has 0 saturated heterocycles. The lowest BCUT2D eigenvalue weighted by molar-refractivity contribution is 1.14. The van der Waals surface area contributed by atoms with E-state index < -0.39 is 0 Å². The van der Waals surface area contributed by atoms with Crippen LogP contribution in [-0.4, -0.2) is 24.5 Å². The van der Waals surface area contributed by atoms with E-state index in [1.165, 1.54) is 0 Å². The molecule has 0 amide bonds. The fourth-order valence-corrected chi connectivity index (χ4v) is 9.93. The lowest BCUT2D eigenvalue weighted by atomic mass is 9.95. The first-order valence-corrected chi connectivity index (χ1v) is 24.4. The number of aromatic nitrogens is 5. The van der Waals surface area contributed by atoms with Crippen molar-refractivity contribution < 1.29 is 0 Å². The van der Waals surface area contributed by atoms with Crippen molar-refractivity contribution in [2.45, 2.75) is 0 Å². The average Bonchev–Trinajstić information content (AvgIpc) is 3.92. The summed E-state index contributed by atoms with van der Waals surface area (Å²) in [6.45, 7) is 15.9. The molecule has 0 aliphatic rings. The Morgan fingerprint density at radius 3 is 1.30 bits per heavy atom. The largest absolute Gasteiger partial charge is 0.308 e. The molecule has 0 aliphatic heterocycles. The molecule has 0 N–H and O–H groups in total. The highest BCUT2D eigenvalue weighted by Gasteiger charge is 2.26. The second-order valence-electron chi connectivity index (χ2n) is 18.1. The molecule has 3 heterocycles. The first-order valence-electron chi connectivity index (χ1n) is 24.4. The van der Waals surface area contributed by atoms with Gasteiger partial charge in [0.1, 0.15) is 0 Å². The Morgan fingerprint density at radius 1 is 0.364 bits per heavy atom. The Bertz CT molecular complexity index is 4160. The molecule has 0 bridgehead atoms. The molecule has 0 fully saturated rings. The third-order valence-electron chi connectivity index (χ3n) is 13.6. The summed E-state index contributed by atoms with van der Waals surface area (Å²) in [6, 6.07) is 76.4. The van der Waals surface area contributed by atoms with Gasteiger partial charge < -0.3 is 4.57 Å². The van der Waals surface area contributed by atoms with Crippen LogP contribution in [0.25, 0.3) is 127 Å². The van der Waals surface area contributed by atoms with Gasteiger partial charge >= 0.3 is 0 Å². The second kappa shape index (κ2) is 19.8. The third-order valence-corrected chi connectivity index (χ3v) is 13.6. The second-order valence-corrected chi connectivity index (χ2v) is 18.1. The van der Waals surface area contributed by atoms with Crippen molar-refractivity contribution in [3.8, 4) is 114 Å². The Labute approximate surface area is 443 Å². The molecule has 77 heavy (non-hydrogen) atoms. The molecule has 10 nitrogen and oxygen atoms in total. The predicted octanol–water partition coefficient (Wildman–Crippen LogP) is 16.4. The fraction of sp³-hybridized carbons (Fsp3) is 0. The van der Waals surface area contributed by atoms with E-state index in [9.17, 15) is 15.8 Å². The van der Waals surface area contributed by atoms with Crippen LogP contribution in [0.2, 0.25) is 0 Å². The minimum absolute atomic E-state index is 0.325. The molecule has 12 aromatic rings. The van der Waals surface area contributed by atoms with E-state index in [1.54, 1.807) is 30.3 Å². The van der Waals surface area contributed by atoms with Crippen molar-refractivity contribution in [2.24, 2.45) is 0 Å². The highest BCUT2D eigenvalue weighted by molar-refractivity contribution is 6.13. The quantitative estimate of drug-likeness (QED) is 0.131. The molecule has 12 rings (SSSR count). The number of nitrogens with zero attached hydrogens (tertiary/aromatic N) is 10. The van der Waals surface area contributed by atoms with Gasteiger partial charge in [0.2, 0.25) is 0 Å². The summed E-state index contributed by atoms with van der Waals surface area (Å²) in [5, 5.41) is 33.3. The van der Waals surface area contributed by atoms with Crippen molar-refractivity contribution in [2.75, 3.05) is 0 Å². The number of nitriles is 3. The zero-order chi connectivity index (χ0) is 52.4. The molecule has 0 saturated carbocycles. The van der Waals surface area contributed by atoms with E-state index in [2.05, 4.69) is 44.6 Å². The van der Waals surface area contributed by atoms with Gasteiger partial charge in [-0.05, 0) is 76.9 Å². The fourth-order valence-electron chi connectivity index (χ4n) is 9.93. The van der Waals surface area contributed by atoms with E-state index in [1.807, 2.05) is 176 Å². The molecule has 10 heteroatoms. The lowest BCUT2D eigenvalue weighted by Crippen LogP contribution is -2.06. The topological polar surface area (TPSA) is 137 Å². The maximum atomic E-state index is 11.2. The van der Waals surface area contributed by atoms with Gasteiger partial charge in [0, 0.05) is 55.3 Å².